The SMILES string of the molecule is Cc1cccc(NC(=O)NC(CC(C)C)C(=O)Nc2ccn[nH]2)c1. The Bertz CT molecular complexity index is 682. The summed E-state index contributed by atoms with van der Waals surface area (Å²) in [5, 5.41) is 14.6. The summed E-state index contributed by atoms with van der Waals surface area (Å²) < 4.78 is 0. The first-order valence-corrected chi connectivity index (χ1v) is 7.88. The van der Waals surface area contributed by atoms with Crippen molar-refractivity contribution in [3.8, 4) is 0 Å². The van der Waals surface area contributed by atoms with Crippen LogP contribution in [0.5, 0.6) is 0 Å². The normalized spacial score (nSPS) is 11.8. The first-order valence-electron chi connectivity index (χ1n) is 7.88. The number of nitrogens with zero attached hydrogens (tertiary/aromatic N) is 1. The molecule has 0 aliphatic rings. The average molecular weight is 329 g/mol. The molecule has 1 unspecified atom stereocenters. The highest BCUT2D eigenvalue weighted by molar-refractivity contribution is 5.98. The van der Waals surface area contributed by atoms with Crippen LogP contribution in [0.25, 0.3) is 0 Å². The van der Waals surface area contributed by atoms with E-state index < -0.39 is 12.1 Å². The average Bonchev–Trinajstić information content (AvgIpc) is 2.99. The van der Waals surface area contributed by atoms with E-state index in [1.807, 2.05) is 39.0 Å². The van der Waals surface area contributed by atoms with Gasteiger partial charge in [0.05, 0.1) is 6.20 Å². The van der Waals surface area contributed by atoms with Gasteiger partial charge in [-0.2, -0.15) is 5.10 Å². The fourth-order valence-corrected chi connectivity index (χ4v) is 2.30. The predicted molar refractivity (Wildman–Crippen MR) is 93.8 cm³/mol. The molecule has 7 nitrogen and oxygen atoms in total. The molecule has 0 fully saturated rings. The van der Waals surface area contributed by atoms with Crippen LogP contribution in [0, 0.1) is 12.8 Å². The van der Waals surface area contributed by atoms with Gasteiger partial charge in [0.15, 0.2) is 0 Å². The standard InChI is InChI=1S/C17H23N5O2/c1-11(2)9-14(16(23)21-15-7-8-18-22-15)20-17(24)19-13-6-4-5-12(3)10-13/h4-8,10-11,14H,9H2,1-3H3,(H2,19,20,24)(H2,18,21,22,23). The molecular weight excluding hydrogens is 306 g/mol. The fourth-order valence-electron chi connectivity index (χ4n) is 2.30. The van der Waals surface area contributed by atoms with Crippen molar-refractivity contribution in [3.05, 3.63) is 42.1 Å². The minimum Gasteiger partial charge on any atom is -0.326 e. The second-order valence-corrected chi connectivity index (χ2v) is 6.11. The van der Waals surface area contributed by atoms with Crippen molar-refractivity contribution in [2.24, 2.45) is 5.92 Å². The number of hydrogen-bond acceptors (Lipinski definition) is 3. The summed E-state index contributed by atoms with van der Waals surface area (Å²) in [4.78, 5) is 24.6. The van der Waals surface area contributed by atoms with E-state index in [2.05, 4.69) is 26.1 Å². The number of hydrogen-bond donors (Lipinski definition) is 4. The summed E-state index contributed by atoms with van der Waals surface area (Å²) in [5.74, 6) is 0.462. The maximum Gasteiger partial charge on any atom is 0.319 e. The number of benzene rings is 1. The number of nitrogens with one attached hydrogen (secondary N) is 4. The molecule has 1 heterocycles. The van der Waals surface area contributed by atoms with Gasteiger partial charge in [0.2, 0.25) is 5.91 Å². The number of aromatic nitrogens is 2. The van der Waals surface area contributed by atoms with Crippen LogP contribution in [0.4, 0.5) is 16.3 Å². The fraction of sp³-hybridized carbons (Fsp3) is 0.353. The van der Waals surface area contributed by atoms with Crippen molar-refractivity contribution in [2.45, 2.75) is 33.2 Å². The molecule has 0 spiro atoms. The highest BCUT2D eigenvalue weighted by atomic mass is 16.2. The number of aromatic amines is 1. The molecule has 4 N–H and O–H groups in total. The maximum absolute atomic E-state index is 12.4. The number of carbonyl (C=O) groups is 2. The lowest BCUT2D eigenvalue weighted by atomic mass is 10.0. The summed E-state index contributed by atoms with van der Waals surface area (Å²) in [6.45, 7) is 5.94. The summed E-state index contributed by atoms with van der Waals surface area (Å²) >= 11 is 0. The summed E-state index contributed by atoms with van der Waals surface area (Å²) in [6, 6.07) is 8.07. The lowest BCUT2D eigenvalue weighted by molar-refractivity contribution is -0.118. The Labute approximate surface area is 141 Å². The maximum atomic E-state index is 12.4. The van der Waals surface area contributed by atoms with Crippen molar-refractivity contribution >= 4 is 23.4 Å². The molecule has 0 bridgehead atoms. The van der Waals surface area contributed by atoms with E-state index in [4.69, 9.17) is 0 Å². The molecule has 2 rings (SSSR count). The number of anilines is 2. The lowest BCUT2D eigenvalue weighted by Gasteiger charge is -2.20. The number of urea groups is 1. The zero-order valence-electron chi connectivity index (χ0n) is 14.1. The Morgan fingerprint density at radius 2 is 2.00 bits per heavy atom. The molecule has 24 heavy (non-hydrogen) atoms. The van der Waals surface area contributed by atoms with Crippen LogP contribution in [0.15, 0.2) is 36.5 Å². The third-order valence-electron chi connectivity index (χ3n) is 3.36. The van der Waals surface area contributed by atoms with E-state index in [0.29, 0.717) is 17.9 Å². The highest BCUT2D eigenvalue weighted by Gasteiger charge is 2.22. The second-order valence-electron chi connectivity index (χ2n) is 6.11. The van der Waals surface area contributed by atoms with Gasteiger partial charge in [0.1, 0.15) is 11.9 Å². The zero-order valence-corrected chi connectivity index (χ0v) is 14.1. The van der Waals surface area contributed by atoms with Gasteiger partial charge in [-0.25, -0.2) is 4.79 Å². The van der Waals surface area contributed by atoms with Crippen LogP contribution in [0.2, 0.25) is 0 Å². The third-order valence-corrected chi connectivity index (χ3v) is 3.36. The molecule has 0 aliphatic carbocycles. The molecule has 0 saturated carbocycles. The first kappa shape index (κ1) is 17.5. The van der Waals surface area contributed by atoms with E-state index in [1.54, 1.807) is 18.3 Å². The van der Waals surface area contributed by atoms with Gasteiger partial charge in [0.25, 0.3) is 0 Å². The van der Waals surface area contributed by atoms with Gasteiger partial charge in [0, 0.05) is 11.8 Å². The largest absolute Gasteiger partial charge is 0.326 e. The highest BCUT2D eigenvalue weighted by Crippen LogP contribution is 2.11. The van der Waals surface area contributed by atoms with Crippen LogP contribution in [0.1, 0.15) is 25.8 Å². The van der Waals surface area contributed by atoms with Crippen molar-refractivity contribution in [1.82, 2.24) is 15.5 Å². The van der Waals surface area contributed by atoms with Gasteiger partial charge in [-0.3, -0.25) is 9.89 Å². The summed E-state index contributed by atoms with van der Waals surface area (Å²) in [6.07, 6.45) is 2.08. The van der Waals surface area contributed by atoms with Crippen LogP contribution < -0.4 is 16.0 Å². The summed E-state index contributed by atoms with van der Waals surface area (Å²) in [7, 11) is 0. The number of amides is 3. The van der Waals surface area contributed by atoms with E-state index in [0.717, 1.165) is 5.56 Å². The molecule has 128 valence electrons. The van der Waals surface area contributed by atoms with Crippen LogP contribution >= 0.6 is 0 Å². The molecule has 0 saturated heterocycles. The smallest absolute Gasteiger partial charge is 0.319 e. The minimum atomic E-state index is -0.641. The summed E-state index contributed by atoms with van der Waals surface area (Å²) in [5.41, 5.74) is 1.73. The van der Waals surface area contributed by atoms with E-state index >= 15 is 0 Å². The predicted octanol–water partition coefficient (Wildman–Crippen LogP) is 2.89. The zero-order chi connectivity index (χ0) is 17.5. The number of H-pyrrole nitrogens is 1. The first-order chi connectivity index (χ1) is 11.4. The Morgan fingerprint density at radius 1 is 1.21 bits per heavy atom. The quantitative estimate of drug-likeness (QED) is 0.656. The van der Waals surface area contributed by atoms with Crippen LogP contribution in [-0.4, -0.2) is 28.2 Å². The Hall–Kier alpha value is -2.83. The van der Waals surface area contributed by atoms with E-state index in [9.17, 15) is 9.59 Å². The minimum absolute atomic E-state index is 0.252. The van der Waals surface area contributed by atoms with Gasteiger partial charge in [-0.15, -0.1) is 0 Å². The number of aryl methyl sites for hydroxylation is 1. The van der Waals surface area contributed by atoms with Gasteiger partial charge < -0.3 is 16.0 Å². The van der Waals surface area contributed by atoms with Crippen LogP contribution in [-0.2, 0) is 4.79 Å². The van der Waals surface area contributed by atoms with Crippen molar-refractivity contribution in [1.29, 1.82) is 0 Å². The molecule has 1 aromatic carbocycles. The van der Waals surface area contributed by atoms with E-state index in [1.165, 1.54) is 0 Å². The Balaban J connectivity index is 1.99. The second kappa shape index (κ2) is 8.14. The Kier molecular flexibility index (Phi) is 5.95. The van der Waals surface area contributed by atoms with Crippen molar-refractivity contribution in [3.63, 3.8) is 0 Å². The monoisotopic (exact) mass is 329 g/mol. The Morgan fingerprint density at radius 3 is 2.62 bits per heavy atom. The molecule has 7 heteroatoms. The molecular formula is C17H23N5O2. The topological polar surface area (TPSA) is 98.9 Å². The van der Waals surface area contributed by atoms with E-state index in [-0.39, 0.29) is 11.8 Å². The molecule has 3 amide bonds. The third kappa shape index (κ3) is 5.42. The molecule has 0 aliphatic heterocycles. The van der Waals surface area contributed by atoms with Gasteiger partial charge in [-0.05, 0) is 37.0 Å². The van der Waals surface area contributed by atoms with Crippen LogP contribution in [0.3, 0.4) is 0 Å². The number of rotatable bonds is 6. The van der Waals surface area contributed by atoms with Crippen molar-refractivity contribution in [2.75, 3.05) is 10.6 Å². The van der Waals surface area contributed by atoms with Gasteiger partial charge >= 0.3 is 6.03 Å². The molecule has 2 aromatic rings. The van der Waals surface area contributed by atoms with Gasteiger partial charge in [-0.1, -0.05) is 26.0 Å². The molecule has 1 atom stereocenters. The lowest BCUT2D eigenvalue weighted by Crippen LogP contribution is -2.46. The molecule has 1 aromatic heterocycles. The van der Waals surface area contributed by atoms with Crippen molar-refractivity contribution < 1.29 is 9.59 Å². The number of carbonyl (C=O) groups excluding carboxylic acids is 2. The molecule has 0 radical (unpaired) electrons.